The first-order valence-corrected chi connectivity index (χ1v) is 17.4. The number of hydrogen-bond acceptors (Lipinski definition) is 5. The number of amides is 1. The molecule has 0 spiro atoms. The number of carbonyl (C=O) groups is 2. The smallest absolute Gasteiger partial charge is 0.403 e. The normalized spacial score (nSPS) is 19.5. The molecule has 3 N–H and O–H groups in total. The molecule has 0 saturated carbocycles. The van der Waals surface area contributed by atoms with Crippen LogP contribution in [0, 0.1) is 11.3 Å². The highest BCUT2D eigenvalue weighted by molar-refractivity contribution is 6.00. The molecule has 2 aliphatic rings. The second-order valence-electron chi connectivity index (χ2n) is 13.8. The van der Waals surface area contributed by atoms with Crippen LogP contribution in [0.4, 0.5) is 35.1 Å². The molecule has 5 rings (SSSR count). The number of aryl methyl sites for hydroxylation is 1. The summed E-state index contributed by atoms with van der Waals surface area (Å²) in [5.41, 5.74) is 6.21. The molecule has 1 amide bonds. The van der Waals surface area contributed by atoms with Crippen molar-refractivity contribution in [3.63, 3.8) is 0 Å². The van der Waals surface area contributed by atoms with Crippen molar-refractivity contribution in [2.45, 2.75) is 70.1 Å². The van der Waals surface area contributed by atoms with Gasteiger partial charge in [0.15, 0.2) is 0 Å². The number of hydrogen-bond donors (Lipinski definition) is 2. The van der Waals surface area contributed by atoms with Crippen LogP contribution in [-0.2, 0) is 22.4 Å². The number of methoxy groups -OCH3 is 1. The van der Waals surface area contributed by atoms with Gasteiger partial charge in [-0.2, -0.15) is 26.3 Å². The first-order valence-electron chi connectivity index (χ1n) is 17.4. The lowest BCUT2D eigenvalue weighted by atomic mass is 9.77. The van der Waals surface area contributed by atoms with Crippen LogP contribution in [-0.4, -0.2) is 91.4 Å². The van der Waals surface area contributed by atoms with Crippen LogP contribution in [0.3, 0.4) is 0 Å². The second kappa shape index (κ2) is 17.0. The van der Waals surface area contributed by atoms with Crippen molar-refractivity contribution in [3.8, 4) is 16.9 Å². The number of carboxylic acids is 1. The number of ether oxygens (including phenoxy) is 1. The highest BCUT2D eigenvalue weighted by atomic mass is 19.4. The van der Waals surface area contributed by atoms with Gasteiger partial charge >= 0.3 is 18.3 Å². The molecule has 7 nitrogen and oxygen atoms in total. The van der Waals surface area contributed by atoms with Crippen LogP contribution in [0.5, 0.6) is 5.75 Å². The van der Waals surface area contributed by atoms with E-state index in [1.165, 1.54) is 0 Å². The summed E-state index contributed by atoms with van der Waals surface area (Å²) >= 11 is 0. The van der Waals surface area contributed by atoms with Gasteiger partial charge in [-0.05, 0) is 85.3 Å². The van der Waals surface area contributed by atoms with Crippen molar-refractivity contribution < 1.29 is 54.6 Å². The predicted octanol–water partition coefficient (Wildman–Crippen LogP) is 8.12. The average Bonchev–Trinajstić information content (AvgIpc) is 3.21. The molecule has 1 unspecified atom stereocenters. The molecule has 0 aromatic heterocycles. The Kier molecular flexibility index (Phi) is 13.4. The minimum Gasteiger partial charge on any atom is -0.496 e. The minimum absolute atomic E-state index is 0.0801. The van der Waals surface area contributed by atoms with E-state index in [4.69, 9.17) is 15.6 Å². The number of piperidine rings is 1. The zero-order chi connectivity index (χ0) is 39.2. The van der Waals surface area contributed by atoms with E-state index in [1.54, 1.807) is 14.0 Å². The van der Waals surface area contributed by atoms with Gasteiger partial charge in [0.2, 0.25) is 5.91 Å². The SMILES string of the molecule is COc1cccc(CCN2CCC(C)C(F)(F)CC2)c1-c1cccc2c(CCC(=O)O)cccc12.NC(=O)C1(C(F)(F)F)CCN(CC(F)(F)F)CC1. The number of alkyl halides is 8. The van der Waals surface area contributed by atoms with Crippen molar-refractivity contribution in [2.24, 2.45) is 17.1 Å². The number of likely N-dealkylation sites (tertiary alicyclic amines) is 2. The Morgan fingerprint density at radius 1 is 0.849 bits per heavy atom. The number of nitrogens with zero attached hydrogens (tertiary/aromatic N) is 2. The highest BCUT2D eigenvalue weighted by Gasteiger charge is 2.60. The van der Waals surface area contributed by atoms with Crippen LogP contribution < -0.4 is 10.5 Å². The number of carboxylic acid groups (broad SMARTS) is 1. The fraction of sp³-hybridized carbons (Fsp3) is 0.526. The zero-order valence-electron chi connectivity index (χ0n) is 29.6. The summed E-state index contributed by atoms with van der Waals surface area (Å²) in [4.78, 5) is 25.1. The molecular weight excluding hydrogens is 714 g/mol. The fourth-order valence-electron chi connectivity index (χ4n) is 7.08. The molecule has 3 aromatic carbocycles. The standard InChI is InChI=1S/C29H33F2NO3.C9H12F6N2O/c1-20-14-17-32(19-16-29(20,30)31)18-15-22-7-4-11-26(35-2)28(22)25-10-5-8-23-21(12-13-27(33)34)6-3-9-24(23)25;10-8(11,12)5-17-3-1-7(2-4-17,6(16)18)9(13,14)15/h3-11,20H,12-19H2,1-2H3,(H,33,34);1-5H2,(H2,16,18). The van der Waals surface area contributed by atoms with Crippen LogP contribution in [0.2, 0.25) is 0 Å². The van der Waals surface area contributed by atoms with Crippen molar-refractivity contribution in [2.75, 3.05) is 46.4 Å². The summed E-state index contributed by atoms with van der Waals surface area (Å²) in [6.45, 7) is 1.24. The fourth-order valence-corrected chi connectivity index (χ4v) is 7.08. The minimum atomic E-state index is -4.83. The van der Waals surface area contributed by atoms with E-state index in [-0.39, 0.29) is 12.8 Å². The number of carbonyl (C=O) groups excluding carboxylic acids is 1. The third-order valence-corrected chi connectivity index (χ3v) is 10.4. The Morgan fingerprint density at radius 3 is 2.06 bits per heavy atom. The molecule has 3 aromatic rings. The van der Waals surface area contributed by atoms with Crippen molar-refractivity contribution in [3.05, 3.63) is 65.7 Å². The van der Waals surface area contributed by atoms with Crippen LogP contribution >= 0.6 is 0 Å². The lowest BCUT2D eigenvalue weighted by Crippen LogP contribution is -2.56. The predicted molar refractivity (Wildman–Crippen MR) is 185 cm³/mol. The second-order valence-corrected chi connectivity index (χ2v) is 13.8. The van der Waals surface area contributed by atoms with E-state index >= 15 is 0 Å². The van der Waals surface area contributed by atoms with Gasteiger partial charge in [-0.15, -0.1) is 0 Å². The Hall–Kier alpha value is -3.98. The lowest BCUT2D eigenvalue weighted by molar-refractivity contribution is -0.234. The average molecular weight is 760 g/mol. The van der Waals surface area contributed by atoms with Gasteiger partial charge in [-0.1, -0.05) is 55.5 Å². The van der Waals surface area contributed by atoms with E-state index in [9.17, 15) is 44.7 Å². The molecule has 1 atom stereocenters. The van der Waals surface area contributed by atoms with E-state index in [2.05, 4.69) is 23.1 Å². The van der Waals surface area contributed by atoms with Gasteiger partial charge < -0.3 is 20.5 Å². The molecule has 292 valence electrons. The largest absolute Gasteiger partial charge is 0.496 e. The van der Waals surface area contributed by atoms with Crippen molar-refractivity contribution in [1.29, 1.82) is 0 Å². The zero-order valence-corrected chi connectivity index (χ0v) is 29.6. The van der Waals surface area contributed by atoms with Gasteiger partial charge in [0.25, 0.3) is 5.92 Å². The van der Waals surface area contributed by atoms with E-state index < -0.39 is 74.0 Å². The molecule has 2 aliphatic heterocycles. The molecule has 0 aliphatic carbocycles. The first kappa shape index (κ1) is 41.8. The maximum atomic E-state index is 14.2. The number of fused-ring (bicyclic) bond motifs is 1. The molecule has 2 fully saturated rings. The number of rotatable bonds is 10. The topological polar surface area (TPSA) is 96.1 Å². The third-order valence-electron chi connectivity index (χ3n) is 10.4. The van der Waals surface area contributed by atoms with E-state index in [0.717, 1.165) is 50.1 Å². The van der Waals surface area contributed by atoms with Gasteiger partial charge in [-0.3, -0.25) is 14.5 Å². The molecule has 2 saturated heterocycles. The highest BCUT2D eigenvalue weighted by Crippen LogP contribution is 2.46. The lowest BCUT2D eigenvalue weighted by Gasteiger charge is -2.40. The Balaban J connectivity index is 0.000000294. The molecule has 2 heterocycles. The summed E-state index contributed by atoms with van der Waals surface area (Å²) in [7, 11) is 1.66. The molecule has 0 radical (unpaired) electrons. The van der Waals surface area contributed by atoms with Crippen LogP contribution in [0.25, 0.3) is 21.9 Å². The summed E-state index contributed by atoms with van der Waals surface area (Å²) in [5, 5.41) is 11.2. The van der Waals surface area contributed by atoms with Gasteiger partial charge in [0, 0.05) is 37.4 Å². The van der Waals surface area contributed by atoms with E-state index in [1.807, 2.05) is 36.4 Å². The summed E-state index contributed by atoms with van der Waals surface area (Å²) in [6, 6.07) is 18.1. The number of primary amides is 1. The van der Waals surface area contributed by atoms with Crippen molar-refractivity contribution >= 4 is 22.6 Å². The first-order chi connectivity index (χ1) is 24.8. The van der Waals surface area contributed by atoms with Crippen LogP contribution in [0.15, 0.2) is 54.6 Å². The molecular formula is C38H45F8N3O4. The van der Waals surface area contributed by atoms with Gasteiger partial charge in [0.05, 0.1) is 13.7 Å². The summed E-state index contributed by atoms with van der Waals surface area (Å²) in [5.74, 6) is -4.77. The Bertz CT molecular complexity index is 1720. The summed E-state index contributed by atoms with van der Waals surface area (Å²) < 4.78 is 109. The van der Waals surface area contributed by atoms with Gasteiger partial charge in [0.1, 0.15) is 11.2 Å². The number of aliphatic carboxylic acids is 1. The number of benzene rings is 3. The molecule has 15 heteroatoms. The quantitative estimate of drug-likeness (QED) is 0.203. The maximum Gasteiger partial charge on any atom is 0.403 e. The number of nitrogens with two attached hydrogens (primary N) is 1. The van der Waals surface area contributed by atoms with Crippen LogP contribution in [0.1, 0.15) is 50.2 Å². The maximum absolute atomic E-state index is 14.2. The number of halogens is 8. The molecule has 53 heavy (non-hydrogen) atoms. The van der Waals surface area contributed by atoms with Gasteiger partial charge in [-0.25, -0.2) is 8.78 Å². The van der Waals surface area contributed by atoms with Crippen molar-refractivity contribution in [1.82, 2.24) is 9.80 Å². The summed E-state index contributed by atoms with van der Waals surface area (Å²) in [6.07, 6.45) is -9.09. The van der Waals surface area contributed by atoms with E-state index in [0.29, 0.717) is 32.5 Å². The third kappa shape index (κ3) is 10.4. The Morgan fingerprint density at radius 2 is 1.45 bits per heavy atom. The Labute approximate surface area is 303 Å². The monoisotopic (exact) mass is 759 g/mol. The molecule has 0 bridgehead atoms.